The van der Waals surface area contributed by atoms with Crippen molar-refractivity contribution in [3.8, 4) is 0 Å². The highest BCUT2D eigenvalue weighted by atomic mass is 32.2. The zero-order chi connectivity index (χ0) is 23.1. The van der Waals surface area contributed by atoms with Crippen molar-refractivity contribution in [3.05, 3.63) is 89.9 Å². The Balaban J connectivity index is 1.54. The number of amides is 1. The van der Waals surface area contributed by atoms with Gasteiger partial charge >= 0.3 is 5.97 Å². The van der Waals surface area contributed by atoms with Gasteiger partial charge in [0, 0.05) is 7.05 Å². The molecule has 1 amide bonds. The second kappa shape index (κ2) is 10.3. The largest absolute Gasteiger partial charge is 0.468 e. The highest BCUT2D eigenvalue weighted by molar-refractivity contribution is 7.89. The topological polar surface area (TPSA) is 106 Å². The van der Waals surface area contributed by atoms with Gasteiger partial charge in [-0.15, -0.1) is 0 Å². The van der Waals surface area contributed by atoms with Crippen LogP contribution in [0, 0.1) is 0 Å². The summed E-state index contributed by atoms with van der Waals surface area (Å²) in [5, 5.41) is 0. The third-order valence-electron chi connectivity index (χ3n) is 5.00. The number of carbonyl (C=O) groups is 2. The van der Waals surface area contributed by atoms with Crippen molar-refractivity contribution in [1.82, 2.24) is 9.62 Å². The van der Waals surface area contributed by atoms with Crippen molar-refractivity contribution < 1.29 is 27.2 Å². The van der Waals surface area contributed by atoms with Crippen LogP contribution in [0.1, 0.15) is 34.6 Å². The van der Waals surface area contributed by atoms with Crippen LogP contribution in [0.15, 0.2) is 82.3 Å². The molecule has 0 aliphatic rings. The number of hydrogen-bond acceptors (Lipinski definition) is 6. The zero-order valence-corrected chi connectivity index (χ0v) is 18.5. The van der Waals surface area contributed by atoms with Crippen LogP contribution in [0.3, 0.4) is 0 Å². The molecule has 168 valence electrons. The molecule has 0 saturated carbocycles. The van der Waals surface area contributed by atoms with E-state index in [1.165, 1.54) is 35.4 Å². The predicted molar refractivity (Wildman–Crippen MR) is 117 cm³/mol. The molecule has 3 rings (SSSR count). The molecule has 9 heteroatoms. The maximum atomic E-state index is 12.4. The number of sulfonamides is 1. The molecule has 1 N–H and O–H groups in total. The van der Waals surface area contributed by atoms with Crippen molar-refractivity contribution in [1.29, 1.82) is 0 Å². The van der Waals surface area contributed by atoms with E-state index in [4.69, 9.17) is 9.15 Å². The van der Waals surface area contributed by atoms with E-state index in [1.807, 2.05) is 37.3 Å². The summed E-state index contributed by atoms with van der Waals surface area (Å²) < 4.78 is 37.3. The van der Waals surface area contributed by atoms with Gasteiger partial charge in [-0.2, -0.15) is 0 Å². The Kier molecular flexibility index (Phi) is 7.45. The van der Waals surface area contributed by atoms with E-state index in [0.717, 1.165) is 5.56 Å². The summed E-state index contributed by atoms with van der Waals surface area (Å²) in [5.41, 5.74) is 1.11. The lowest BCUT2D eigenvalue weighted by Gasteiger charge is -2.25. The van der Waals surface area contributed by atoms with Crippen molar-refractivity contribution in [2.24, 2.45) is 0 Å². The summed E-state index contributed by atoms with van der Waals surface area (Å²) in [7, 11) is -2.13. The monoisotopic (exact) mass is 456 g/mol. The van der Waals surface area contributed by atoms with E-state index < -0.39 is 22.6 Å². The SMILES string of the molecule is CC(c1ccccc1)N(C)C(=O)COC(=O)c1ccc(S(=O)(=O)NCc2ccco2)cc1. The van der Waals surface area contributed by atoms with Gasteiger partial charge in [-0.1, -0.05) is 30.3 Å². The lowest BCUT2D eigenvalue weighted by molar-refractivity contribution is -0.135. The fraction of sp³-hybridized carbons (Fsp3) is 0.217. The fourth-order valence-electron chi connectivity index (χ4n) is 2.92. The van der Waals surface area contributed by atoms with Crippen LogP contribution in [-0.4, -0.2) is 38.8 Å². The zero-order valence-electron chi connectivity index (χ0n) is 17.7. The van der Waals surface area contributed by atoms with Gasteiger partial charge in [0.2, 0.25) is 10.0 Å². The Morgan fingerprint density at radius 2 is 1.72 bits per heavy atom. The van der Waals surface area contributed by atoms with Gasteiger partial charge in [0.25, 0.3) is 5.91 Å². The van der Waals surface area contributed by atoms with E-state index in [0.29, 0.717) is 5.76 Å². The summed E-state index contributed by atoms with van der Waals surface area (Å²) in [6.45, 7) is 1.47. The number of carbonyl (C=O) groups excluding carboxylic acids is 2. The first-order valence-corrected chi connectivity index (χ1v) is 11.4. The van der Waals surface area contributed by atoms with Crippen LogP contribution >= 0.6 is 0 Å². The van der Waals surface area contributed by atoms with E-state index in [1.54, 1.807) is 19.2 Å². The van der Waals surface area contributed by atoms with E-state index >= 15 is 0 Å². The third kappa shape index (κ3) is 5.83. The standard InChI is InChI=1S/C23H24N2O6S/c1-17(18-7-4-3-5-8-18)25(2)22(26)16-31-23(27)19-10-12-21(13-11-19)32(28,29)24-15-20-9-6-14-30-20/h3-14,17,24H,15-16H2,1-2H3. The van der Waals surface area contributed by atoms with Gasteiger partial charge in [-0.05, 0) is 48.9 Å². The van der Waals surface area contributed by atoms with Crippen molar-refractivity contribution in [2.75, 3.05) is 13.7 Å². The number of furan rings is 1. The molecule has 0 saturated heterocycles. The maximum absolute atomic E-state index is 12.4. The Morgan fingerprint density at radius 3 is 2.34 bits per heavy atom. The maximum Gasteiger partial charge on any atom is 0.338 e. The van der Waals surface area contributed by atoms with Crippen LogP contribution in [-0.2, 0) is 26.1 Å². The highest BCUT2D eigenvalue weighted by Crippen LogP contribution is 2.18. The van der Waals surface area contributed by atoms with Crippen LogP contribution in [0.4, 0.5) is 0 Å². The van der Waals surface area contributed by atoms with E-state index in [-0.39, 0.29) is 29.0 Å². The molecule has 1 atom stereocenters. The van der Waals surface area contributed by atoms with Crippen LogP contribution < -0.4 is 4.72 Å². The summed E-state index contributed by atoms with van der Waals surface area (Å²) >= 11 is 0. The molecule has 0 spiro atoms. The number of nitrogens with one attached hydrogen (secondary N) is 1. The molecule has 1 heterocycles. The summed E-state index contributed by atoms with van der Waals surface area (Å²) in [5.74, 6) is -0.590. The van der Waals surface area contributed by atoms with Crippen molar-refractivity contribution in [2.45, 2.75) is 24.4 Å². The molecule has 8 nitrogen and oxygen atoms in total. The molecule has 1 unspecified atom stereocenters. The number of nitrogens with zero attached hydrogens (tertiary/aromatic N) is 1. The molecular formula is C23H24N2O6S. The average Bonchev–Trinajstić information content (AvgIpc) is 3.34. The van der Waals surface area contributed by atoms with Gasteiger partial charge in [-0.25, -0.2) is 17.9 Å². The van der Waals surface area contributed by atoms with Crippen molar-refractivity contribution in [3.63, 3.8) is 0 Å². The van der Waals surface area contributed by atoms with Crippen LogP contribution in [0.2, 0.25) is 0 Å². The van der Waals surface area contributed by atoms with E-state index in [2.05, 4.69) is 4.72 Å². The second-order valence-corrected chi connectivity index (χ2v) is 8.86. The number of ether oxygens (including phenoxy) is 1. The van der Waals surface area contributed by atoms with Gasteiger partial charge in [-0.3, -0.25) is 4.79 Å². The molecule has 1 aromatic heterocycles. The molecular weight excluding hydrogens is 432 g/mol. The number of hydrogen-bond donors (Lipinski definition) is 1. The fourth-order valence-corrected chi connectivity index (χ4v) is 3.91. The lowest BCUT2D eigenvalue weighted by Crippen LogP contribution is -2.33. The summed E-state index contributed by atoms with van der Waals surface area (Å²) in [6.07, 6.45) is 1.45. The van der Waals surface area contributed by atoms with E-state index in [9.17, 15) is 18.0 Å². The number of benzene rings is 2. The minimum atomic E-state index is -3.77. The first-order valence-electron chi connectivity index (χ1n) is 9.88. The molecule has 0 aliphatic heterocycles. The molecule has 3 aromatic rings. The van der Waals surface area contributed by atoms with Crippen molar-refractivity contribution >= 4 is 21.9 Å². The first-order chi connectivity index (χ1) is 15.3. The van der Waals surface area contributed by atoms with Crippen LogP contribution in [0.25, 0.3) is 0 Å². The minimum absolute atomic E-state index is 0.00639. The van der Waals surface area contributed by atoms with Gasteiger partial charge < -0.3 is 14.1 Å². The van der Waals surface area contributed by atoms with Gasteiger partial charge in [0.1, 0.15) is 5.76 Å². The molecule has 0 radical (unpaired) electrons. The molecule has 0 aliphatic carbocycles. The van der Waals surface area contributed by atoms with Gasteiger partial charge in [0.05, 0.1) is 29.3 Å². The third-order valence-corrected chi connectivity index (χ3v) is 6.42. The van der Waals surface area contributed by atoms with Gasteiger partial charge in [0.15, 0.2) is 6.61 Å². The highest BCUT2D eigenvalue weighted by Gasteiger charge is 2.20. The summed E-state index contributed by atoms with van der Waals surface area (Å²) in [4.78, 5) is 26.2. The Labute approximate surface area is 186 Å². The number of likely N-dealkylation sites (N-methyl/N-ethyl adjacent to an activating group) is 1. The lowest BCUT2D eigenvalue weighted by atomic mass is 10.1. The quantitative estimate of drug-likeness (QED) is 0.496. The summed E-state index contributed by atoms with van der Waals surface area (Å²) in [6, 6.07) is 17.9. The average molecular weight is 457 g/mol. The number of esters is 1. The smallest absolute Gasteiger partial charge is 0.338 e. The van der Waals surface area contributed by atoms with Crippen LogP contribution in [0.5, 0.6) is 0 Å². The Hall–Kier alpha value is -3.43. The first kappa shape index (κ1) is 23.2. The second-order valence-electron chi connectivity index (χ2n) is 7.10. The Bertz CT molecular complexity index is 1140. The number of rotatable bonds is 9. The molecule has 0 fully saturated rings. The normalized spacial score (nSPS) is 12.2. The predicted octanol–water partition coefficient (Wildman–Crippen LogP) is 3.13. The Morgan fingerprint density at radius 1 is 1.03 bits per heavy atom. The molecule has 32 heavy (non-hydrogen) atoms. The molecule has 2 aromatic carbocycles. The molecule has 0 bridgehead atoms. The minimum Gasteiger partial charge on any atom is -0.468 e.